The summed E-state index contributed by atoms with van der Waals surface area (Å²) >= 11 is 0. The number of aromatic nitrogens is 3. The van der Waals surface area contributed by atoms with Gasteiger partial charge in [-0.25, -0.2) is 28.0 Å². The fourth-order valence-electron chi connectivity index (χ4n) is 5.97. The molecule has 3 aromatic carbocycles. The number of anilines is 2. The van der Waals surface area contributed by atoms with Gasteiger partial charge in [-0.15, -0.1) is 0 Å². The third-order valence-electron chi connectivity index (χ3n) is 9.83. The Morgan fingerprint density at radius 1 is 0.871 bits per heavy atom. The number of hydrogen-bond donors (Lipinski definition) is 6. The number of primary amides is 1. The van der Waals surface area contributed by atoms with E-state index in [1.807, 2.05) is 24.3 Å². The maximum absolute atomic E-state index is 13.2. The van der Waals surface area contributed by atoms with Crippen LogP contribution < -0.4 is 33.2 Å². The summed E-state index contributed by atoms with van der Waals surface area (Å²) in [6.07, 6.45) is 1.57. The molecule has 0 aliphatic heterocycles. The van der Waals surface area contributed by atoms with Crippen LogP contribution >= 0.6 is 0 Å². The van der Waals surface area contributed by atoms with Gasteiger partial charge in [0.05, 0.1) is 28.1 Å². The zero-order valence-electron chi connectivity index (χ0n) is 35.1. The van der Waals surface area contributed by atoms with Gasteiger partial charge < -0.3 is 47.3 Å². The monoisotopic (exact) mass is 868 g/mol. The summed E-state index contributed by atoms with van der Waals surface area (Å²) < 4.78 is 36.2. The molecule has 9 N–H and O–H groups in total. The van der Waals surface area contributed by atoms with Gasteiger partial charge in [0, 0.05) is 43.0 Å². The number of nitrogens with two attached hydrogens (primary N) is 3. The molecule has 5 aromatic rings. The maximum atomic E-state index is 13.2. The number of nitrogens with zero attached hydrogens (tertiary/aromatic N) is 4. The molecule has 0 saturated carbocycles. The highest BCUT2D eigenvalue weighted by Crippen LogP contribution is 2.30. The van der Waals surface area contributed by atoms with Crippen LogP contribution in [0.15, 0.2) is 94.5 Å². The molecule has 2 heterocycles. The highest BCUT2D eigenvalue weighted by atomic mass is 32.2. The molecule has 18 nitrogen and oxygen atoms in total. The number of amides is 5. The van der Waals surface area contributed by atoms with Crippen LogP contribution in [0.3, 0.4) is 0 Å². The minimum absolute atomic E-state index is 0.0177. The summed E-state index contributed by atoms with van der Waals surface area (Å²) in [5.74, 6) is -0.637. The van der Waals surface area contributed by atoms with Crippen LogP contribution in [-0.2, 0) is 37.3 Å². The van der Waals surface area contributed by atoms with Crippen LogP contribution in [0.1, 0.15) is 51.7 Å². The molecule has 0 saturated heterocycles. The van der Waals surface area contributed by atoms with E-state index in [4.69, 9.17) is 26.5 Å². The zero-order valence-corrected chi connectivity index (χ0v) is 35.9. The number of nitrogens with one attached hydrogen (secondary N) is 3. The van der Waals surface area contributed by atoms with Gasteiger partial charge in [0.15, 0.2) is 27.1 Å². The second-order valence-electron chi connectivity index (χ2n) is 15.2. The third-order valence-corrected chi connectivity index (χ3v) is 12.0. The topological polar surface area (TPSA) is 281 Å². The summed E-state index contributed by atoms with van der Waals surface area (Å²) in [5, 5.41) is 11.6. The first-order valence-corrected chi connectivity index (χ1v) is 21.4. The van der Waals surface area contributed by atoms with E-state index in [0.29, 0.717) is 40.4 Å². The Balaban J connectivity index is 1.13. The Hall–Kier alpha value is -6.86. The smallest absolute Gasteiger partial charge is 0.410 e. The van der Waals surface area contributed by atoms with Gasteiger partial charge in [-0.1, -0.05) is 67.5 Å². The molecule has 19 heteroatoms. The van der Waals surface area contributed by atoms with E-state index in [1.54, 1.807) is 89.3 Å². The van der Waals surface area contributed by atoms with Gasteiger partial charge in [0.25, 0.3) is 0 Å². The number of ether oxygens (including phenoxy) is 1. The van der Waals surface area contributed by atoms with Crippen molar-refractivity contribution in [2.75, 3.05) is 24.6 Å². The van der Waals surface area contributed by atoms with Crippen LogP contribution in [0, 0.1) is 5.92 Å². The molecule has 0 fully saturated rings. The molecule has 62 heavy (non-hydrogen) atoms. The second-order valence-corrected chi connectivity index (χ2v) is 17.7. The number of benzene rings is 3. The molecule has 2 atom stereocenters. The zero-order chi connectivity index (χ0) is 45.1. The third kappa shape index (κ3) is 12.1. The Bertz CT molecular complexity index is 2460. The lowest BCUT2D eigenvalue weighted by molar-refractivity contribution is -0.128. The average Bonchev–Trinajstić information content (AvgIpc) is 3.74. The Labute approximate surface area is 359 Å². The van der Waals surface area contributed by atoms with Crippen molar-refractivity contribution in [2.24, 2.45) is 17.4 Å². The van der Waals surface area contributed by atoms with Crippen molar-refractivity contribution in [1.29, 1.82) is 0 Å². The van der Waals surface area contributed by atoms with Gasteiger partial charge in [-0.3, -0.25) is 9.59 Å². The van der Waals surface area contributed by atoms with Crippen molar-refractivity contribution >= 4 is 45.3 Å². The minimum Gasteiger partial charge on any atom is -0.445 e. The van der Waals surface area contributed by atoms with Gasteiger partial charge in [-0.2, -0.15) is 0 Å². The predicted molar refractivity (Wildman–Crippen MR) is 233 cm³/mol. The summed E-state index contributed by atoms with van der Waals surface area (Å²) in [5.41, 5.74) is 21.9. The van der Waals surface area contributed by atoms with Crippen molar-refractivity contribution in [3.05, 3.63) is 96.2 Å². The largest absolute Gasteiger partial charge is 0.445 e. The SMILES string of the molecule is CC(C)[C@H](N)C(=O)N[C@@H](CCCNC(N)=O)C(=O)Nc1ccc(COC(=O)N(C)Cc2ccc(-c3cc(-c4nc(-c5ccc(S(=O)(=O)C(C)C)cc5)cnc4N)on3)cc2)cc1. The van der Waals surface area contributed by atoms with E-state index in [-0.39, 0.29) is 48.4 Å². The molecule has 0 spiro atoms. The summed E-state index contributed by atoms with van der Waals surface area (Å²) in [6, 6.07) is 19.8. The molecule has 2 aromatic heterocycles. The van der Waals surface area contributed by atoms with Gasteiger partial charge in [-0.05, 0) is 68.0 Å². The van der Waals surface area contributed by atoms with Gasteiger partial charge in [0.2, 0.25) is 11.8 Å². The first-order valence-electron chi connectivity index (χ1n) is 19.8. The first-order chi connectivity index (χ1) is 29.4. The van der Waals surface area contributed by atoms with E-state index in [2.05, 4.69) is 31.1 Å². The number of rotatable bonds is 18. The van der Waals surface area contributed by atoms with Crippen molar-refractivity contribution in [1.82, 2.24) is 30.7 Å². The predicted octanol–water partition coefficient (Wildman–Crippen LogP) is 4.85. The van der Waals surface area contributed by atoms with Crippen LogP contribution in [-0.4, -0.2) is 83.3 Å². The normalized spacial score (nSPS) is 12.4. The van der Waals surface area contributed by atoms with Crippen molar-refractivity contribution in [3.8, 4) is 34.0 Å². The lowest BCUT2D eigenvalue weighted by atomic mass is 10.0. The molecule has 5 rings (SSSR count). The number of urea groups is 1. The fourth-order valence-corrected chi connectivity index (χ4v) is 7.03. The molecule has 328 valence electrons. The van der Waals surface area contributed by atoms with Crippen LogP contribution in [0.4, 0.5) is 21.1 Å². The number of carbonyl (C=O) groups is 4. The molecular formula is C43H52N10O8S. The highest BCUT2D eigenvalue weighted by molar-refractivity contribution is 7.92. The van der Waals surface area contributed by atoms with Crippen LogP contribution in [0.25, 0.3) is 34.0 Å². The standard InChI is InChI=1S/C43H52N10O8S/c1-25(2)37(44)41(55)51-33(7-6-20-47-42(46)56)40(54)49-31-16-10-28(11-17-31)24-60-43(57)53(5)23-27-8-12-29(13-9-27)34-21-36(61-52-34)38-39(45)48-22-35(50-38)30-14-18-32(19-15-30)62(58,59)26(3)4/h8-19,21-22,25-26,33,37H,6-7,20,23-24,44H2,1-5H3,(H2,45,48)(H,49,54)(H,51,55)(H3,46,47,56)/t33-,37-/m0/s1. The number of hydrogen-bond acceptors (Lipinski definition) is 13. The maximum Gasteiger partial charge on any atom is 0.410 e. The molecule has 0 unspecified atom stereocenters. The lowest BCUT2D eigenvalue weighted by Gasteiger charge is -2.22. The fraction of sp³-hybridized carbons (Fsp3) is 0.326. The van der Waals surface area contributed by atoms with E-state index >= 15 is 0 Å². The first kappa shape index (κ1) is 46.2. The second kappa shape index (κ2) is 20.6. The van der Waals surface area contributed by atoms with Crippen molar-refractivity contribution in [3.63, 3.8) is 0 Å². The van der Waals surface area contributed by atoms with E-state index in [1.165, 1.54) is 11.1 Å². The van der Waals surface area contributed by atoms with Crippen LogP contribution in [0.5, 0.6) is 0 Å². The molecule has 5 amide bonds. The minimum atomic E-state index is -3.43. The molecule has 0 radical (unpaired) electrons. The number of carbonyl (C=O) groups excluding carboxylic acids is 4. The van der Waals surface area contributed by atoms with E-state index in [0.717, 1.165) is 11.1 Å². The molecule has 0 aliphatic carbocycles. The van der Waals surface area contributed by atoms with Gasteiger partial charge >= 0.3 is 12.1 Å². The van der Waals surface area contributed by atoms with Crippen LogP contribution in [0.2, 0.25) is 0 Å². The summed E-state index contributed by atoms with van der Waals surface area (Å²) in [4.78, 5) is 60.3. The molecule has 0 bridgehead atoms. The highest BCUT2D eigenvalue weighted by Gasteiger charge is 2.26. The Kier molecular flexibility index (Phi) is 15.4. The summed E-state index contributed by atoms with van der Waals surface area (Å²) in [7, 11) is -1.81. The average molecular weight is 869 g/mol. The Morgan fingerprint density at radius 3 is 2.13 bits per heavy atom. The quantitative estimate of drug-likeness (QED) is 0.0643. The number of sulfone groups is 1. The van der Waals surface area contributed by atoms with Crippen molar-refractivity contribution in [2.45, 2.75) is 75.9 Å². The number of nitrogen functional groups attached to an aromatic ring is 1. The van der Waals surface area contributed by atoms with Gasteiger partial charge in [0.1, 0.15) is 18.3 Å². The molecule has 0 aliphatic rings. The van der Waals surface area contributed by atoms with E-state index in [9.17, 15) is 27.6 Å². The Morgan fingerprint density at radius 2 is 1.50 bits per heavy atom. The van der Waals surface area contributed by atoms with E-state index < -0.39 is 51.1 Å². The van der Waals surface area contributed by atoms with Crippen molar-refractivity contribution < 1.29 is 36.9 Å². The summed E-state index contributed by atoms with van der Waals surface area (Å²) in [6.45, 7) is 7.34. The molecular weight excluding hydrogens is 817 g/mol. The lowest BCUT2D eigenvalue weighted by Crippen LogP contribution is -2.51.